The van der Waals surface area contributed by atoms with Crippen molar-refractivity contribution < 1.29 is 22.3 Å². The highest BCUT2D eigenvalue weighted by molar-refractivity contribution is 7.89. The number of nitrogens with two attached hydrogens (primary N) is 1. The normalized spacial score (nSPS) is 16.5. The number of hydrogen-bond acceptors (Lipinski definition) is 6. The number of amides is 1. The van der Waals surface area contributed by atoms with E-state index in [9.17, 15) is 17.6 Å². The number of pyridine rings is 1. The van der Waals surface area contributed by atoms with Gasteiger partial charge in [-0.3, -0.25) is 9.78 Å². The van der Waals surface area contributed by atoms with Crippen LogP contribution in [0.4, 0.5) is 4.39 Å². The number of unbranched alkanes of at least 4 members (excludes halogenated alkanes) is 1. The highest BCUT2D eigenvalue weighted by atomic mass is 35.5. The number of halogens is 3. The number of rotatable bonds is 12. The average Bonchev–Trinajstić information content (AvgIpc) is 2.93. The minimum atomic E-state index is -3.96. The van der Waals surface area contributed by atoms with Gasteiger partial charge in [0, 0.05) is 25.4 Å². The van der Waals surface area contributed by atoms with E-state index in [4.69, 9.17) is 10.5 Å². The molecule has 4 rings (SSSR count). The van der Waals surface area contributed by atoms with Crippen LogP contribution in [0.15, 0.2) is 84.0 Å². The number of fused-ring (bicyclic) bond motifs is 1. The highest BCUT2D eigenvalue weighted by Crippen LogP contribution is 2.36. The van der Waals surface area contributed by atoms with E-state index in [1.54, 1.807) is 19.5 Å². The van der Waals surface area contributed by atoms with Crippen molar-refractivity contribution in [3.05, 3.63) is 102 Å². The van der Waals surface area contributed by atoms with Gasteiger partial charge < -0.3 is 15.8 Å². The number of carbonyl (C=O) groups excluding carboxylic acids is 1. The van der Waals surface area contributed by atoms with Gasteiger partial charge in [-0.2, -0.15) is 0 Å². The van der Waals surface area contributed by atoms with E-state index in [1.807, 2.05) is 42.5 Å². The van der Waals surface area contributed by atoms with Crippen molar-refractivity contribution in [3.8, 4) is 5.75 Å². The van der Waals surface area contributed by atoms with E-state index in [1.165, 1.54) is 18.2 Å². The topological polar surface area (TPSA) is 123 Å². The van der Waals surface area contributed by atoms with E-state index in [-0.39, 0.29) is 37.3 Å². The molecule has 0 fully saturated rings. The van der Waals surface area contributed by atoms with Crippen molar-refractivity contribution in [1.29, 1.82) is 0 Å². The maximum atomic E-state index is 13.9. The third-order valence-corrected chi connectivity index (χ3v) is 8.28. The molecular formula is C29H35Cl2FN4O4S. The van der Waals surface area contributed by atoms with Crippen LogP contribution < -0.4 is 20.5 Å². The zero-order valence-electron chi connectivity index (χ0n) is 22.6. The summed E-state index contributed by atoms with van der Waals surface area (Å²) >= 11 is 0. The maximum Gasteiger partial charge on any atom is 0.243 e. The minimum Gasteiger partial charge on any atom is -0.497 e. The summed E-state index contributed by atoms with van der Waals surface area (Å²) < 4.78 is 46.4. The summed E-state index contributed by atoms with van der Waals surface area (Å²) in [5.74, 6) is -0.368. The molecule has 0 radical (unpaired) electrons. The van der Waals surface area contributed by atoms with Crippen LogP contribution in [-0.4, -0.2) is 39.0 Å². The van der Waals surface area contributed by atoms with Gasteiger partial charge in [0.25, 0.3) is 0 Å². The number of ether oxygens (including phenoxy) is 1. The molecule has 1 aliphatic carbocycles. The summed E-state index contributed by atoms with van der Waals surface area (Å²) in [6.07, 6.45) is 10.0. The summed E-state index contributed by atoms with van der Waals surface area (Å²) in [6.45, 7) is 0.105. The van der Waals surface area contributed by atoms with E-state index in [2.05, 4.69) is 15.0 Å². The molecule has 1 heterocycles. The van der Waals surface area contributed by atoms with E-state index in [0.29, 0.717) is 32.1 Å². The van der Waals surface area contributed by atoms with Gasteiger partial charge in [0.05, 0.1) is 18.7 Å². The molecule has 1 amide bonds. The van der Waals surface area contributed by atoms with Crippen molar-refractivity contribution >= 4 is 40.7 Å². The molecular weight excluding hydrogens is 590 g/mol. The minimum absolute atomic E-state index is 0. The molecule has 2 atom stereocenters. The predicted molar refractivity (Wildman–Crippen MR) is 162 cm³/mol. The van der Waals surface area contributed by atoms with Gasteiger partial charge in [-0.25, -0.2) is 17.5 Å². The Morgan fingerprint density at radius 2 is 1.93 bits per heavy atom. The van der Waals surface area contributed by atoms with Crippen LogP contribution >= 0.6 is 24.8 Å². The Balaban J connectivity index is 0.00000294. The van der Waals surface area contributed by atoms with Crippen LogP contribution in [0.25, 0.3) is 0 Å². The lowest BCUT2D eigenvalue weighted by molar-refractivity contribution is -0.124. The van der Waals surface area contributed by atoms with Crippen molar-refractivity contribution in [2.75, 3.05) is 13.7 Å². The van der Waals surface area contributed by atoms with Crippen LogP contribution in [-0.2, 0) is 33.2 Å². The second kappa shape index (κ2) is 15.3. The lowest BCUT2D eigenvalue weighted by atomic mass is 9.77. The fourth-order valence-electron chi connectivity index (χ4n) is 4.79. The number of nitrogens with one attached hydrogen (secondary N) is 2. The number of methoxy groups -OCH3 is 1. The first-order chi connectivity index (χ1) is 18.7. The van der Waals surface area contributed by atoms with Gasteiger partial charge in [-0.15, -0.1) is 24.8 Å². The lowest BCUT2D eigenvalue weighted by Gasteiger charge is -2.37. The summed E-state index contributed by atoms with van der Waals surface area (Å²) in [5.41, 5.74) is 8.44. The quantitative estimate of drug-likeness (QED) is 0.205. The number of nitrogens with zero attached hydrogens (tertiary/aromatic N) is 1. The first-order valence-corrected chi connectivity index (χ1v) is 14.3. The molecule has 0 saturated heterocycles. The second-order valence-electron chi connectivity index (χ2n) is 9.56. The molecule has 0 saturated carbocycles. The molecule has 0 bridgehead atoms. The Labute approximate surface area is 252 Å². The smallest absolute Gasteiger partial charge is 0.243 e. The lowest BCUT2D eigenvalue weighted by Crippen LogP contribution is -2.53. The zero-order valence-corrected chi connectivity index (χ0v) is 25.0. The third kappa shape index (κ3) is 8.50. The van der Waals surface area contributed by atoms with Gasteiger partial charge >= 0.3 is 0 Å². The molecule has 0 aliphatic heterocycles. The molecule has 4 N–H and O–H groups in total. The van der Waals surface area contributed by atoms with E-state index >= 15 is 0 Å². The number of benzene rings is 2. The molecule has 0 spiro atoms. The van der Waals surface area contributed by atoms with E-state index in [0.717, 1.165) is 28.5 Å². The summed E-state index contributed by atoms with van der Waals surface area (Å²) in [6, 6.07) is 14.1. The van der Waals surface area contributed by atoms with Gasteiger partial charge in [-0.1, -0.05) is 42.8 Å². The van der Waals surface area contributed by atoms with Crippen molar-refractivity contribution in [3.63, 3.8) is 0 Å². The SMILES string of the molecule is COc1ccc2c(c1)CC=CC2(Cc1cccnc1)NC(=O)[C@@H](N)CCCCNS(=O)(=O)c1ccccc1F.Cl.Cl. The Bertz CT molecular complexity index is 1440. The first-order valence-electron chi connectivity index (χ1n) is 12.8. The number of aromatic nitrogens is 1. The highest BCUT2D eigenvalue weighted by Gasteiger charge is 2.36. The summed E-state index contributed by atoms with van der Waals surface area (Å²) in [5, 5.41) is 3.19. The molecule has 8 nitrogen and oxygen atoms in total. The van der Waals surface area contributed by atoms with Crippen LogP contribution in [0.3, 0.4) is 0 Å². The Hall–Kier alpha value is -3.02. The molecule has 2 aromatic carbocycles. The molecule has 1 unspecified atom stereocenters. The fourth-order valence-corrected chi connectivity index (χ4v) is 5.94. The number of allylic oxidation sites excluding steroid dienone is 1. The van der Waals surface area contributed by atoms with Crippen LogP contribution in [0.5, 0.6) is 5.75 Å². The Morgan fingerprint density at radius 3 is 2.63 bits per heavy atom. The molecule has 3 aromatic rings. The van der Waals surface area contributed by atoms with Crippen molar-refractivity contribution in [2.45, 2.75) is 48.6 Å². The van der Waals surface area contributed by atoms with Crippen molar-refractivity contribution in [2.24, 2.45) is 5.73 Å². The number of hydrogen-bond donors (Lipinski definition) is 3. The van der Waals surface area contributed by atoms with Gasteiger partial charge in [-0.05, 0) is 66.3 Å². The third-order valence-electron chi connectivity index (χ3n) is 6.78. The van der Waals surface area contributed by atoms with Crippen LogP contribution in [0.1, 0.15) is 36.0 Å². The zero-order chi connectivity index (χ0) is 27.9. The largest absolute Gasteiger partial charge is 0.497 e. The fraction of sp³-hybridized carbons (Fsp3) is 0.310. The first kappa shape index (κ1) is 34.2. The number of carbonyl (C=O) groups is 1. The van der Waals surface area contributed by atoms with Gasteiger partial charge in [0.15, 0.2) is 0 Å². The summed E-state index contributed by atoms with van der Waals surface area (Å²) in [4.78, 5) is 17.2. The predicted octanol–water partition coefficient (Wildman–Crippen LogP) is 4.22. The maximum absolute atomic E-state index is 13.9. The summed E-state index contributed by atoms with van der Waals surface area (Å²) in [7, 11) is -2.34. The monoisotopic (exact) mass is 624 g/mol. The van der Waals surface area contributed by atoms with E-state index < -0.39 is 32.3 Å². The second-order valence-corrected chi connectivity index (χ2v) is 11.3. The molecule has 41 heavy (non-hydrogen) atoms. The Kier molecular flexibility index (Phi) is 12.7. The van der Waals surface area contributed by atoms with Crippen LogP contribution in [0.2, 0.25) is 0 Å². The molecule has 12 heteroatoms. The van der Waals surface area contributed by atoms with Crippen LogP contribution in [0, 0.1) is 5.82 Å². The van der Waals surface area contributed by atoms with Gasteiger partial charge in [0.1, 0.15) is 16.5 Å². The molecule has 222 valence electrons. The molecule has 1 aromatic heterocycles. The van der Waals surface area contributed by atoms with Crippen molar-refractivity contribution in [1.82, 2.24) is 15.0 Å². The molecule has 1 aliphatic rings. The van der Waals surface area contributed by atoms with Gasteiger partial charge in [0.2, 0.25) is 15.9 Å². The Morgan fingerprint density at radius 1 is 1.15 bits per heavy atom. The number of sulfonamides is 1. The standard InChI is InChI=1S/C29H33FN4O4S.2ClH/c1-38-23-13-14-24-22(18-23)9-6-15-29(24,19-21-8-7-16-32-20-21)34-28(35)26(31)11-4-5-17-33-39(36,37)27-12-3-2-10-25(27)30;;/h2-3,6-8,10,12-16,18,20,26,33H,4-5,9,11,17,19,31H2,1H3,(H,34,35);2*1H/t26-,29?;;/m0../s1. The average molecular weight is 626 g/mol.